The number of hydrogen-bond acceptors (Lipinski definition) is 6. The van der Waals surface area contributed by atoms with Crippen molar-refractivity contribution in [3.63, 3.8) is 0 Å². The van der Waals surface area contributed by atoms with Crippen LogP contribution in [0.2, 0.25) is 0 Å². The van der Waals surface area contributed by atoms with Gasteiger partial charge in [0.15, 0.2) is 0 Å². The number of nitrogens with zero attached hydrogens (tertiary/aromatic N) is 3. The molecule has 2 aromatic rings. The fraction of sp³-hybridized carbons (Fsp3) is 0.278. The van der Waals surface area contributed by atoms with Gasteiger partial charge in [-0.3, -0.25) is 14.9 Å². The van der Waals surface area contributed by atoms with Gasteiger partial charge in [-0.25, -0.2) is 12.8 Å². The largest absolute Gasteiger partial charge is 0.336 e. The first-order valence-corrected chi connectivity index (χ1v) is 11.3. The molecule has 0 radical (unpaired) electrons. The molecule has 0 N–H and O–H groups in total. The highest BCUT2D eigenvalue weighted by atomic mass is 32.2. The first-order chi connectivity index (χ1) is 13.7. The van der Waals surface area contributed by atoms with Gasteiger partial charge in [0.05, 0.1) is 14.7 Å². The molecule has 1 aliphatic rings. The van der Waals surface area contributed by atoms with E-state index in [1.54, 1.807) is 6.26 Å². The lowest BCUT2D eigenvalue weighted by atomic mass is 10.1. The summed E-state index contributed by atoms with van der Waals surface area (Å²) in [6.07, 6.45) is 1.71. The molecule has 0 bridgehead atoms. The average molecular weight is 439 g/mol. The van der Waals surface area contributed by atoms with Crippen LogP contribution in [-0.4, -0.2) is 60.9 Å². The van der Waals surface area contributed by atoms with Gasteiger partial charge in [-0.15, -0.1) is 11.8 Å². The number of sulfonamides is 1. The van der Waals surface area contributed by atoms with Gasteiger partial charge in [-0.05, 0) is 42.7 Å². The smallest absolute Gasteiger partial charge is 0.283 e. The Bertz CT molecular complexity index is 1040. The van der Waals surface area contributed by atoms with Crippen molar-refractivity contribution in [2.24, 2.45) is 0 Å². The Balaban J connectivity index is 1.72. The summed E-state index contributed by atoms with van der Waals surface area (Å²) < 4.78 is 39.6. The van der Waals surface area contributed by atoms with E-state index in [-0.39, 0.29) is 48.2 Å². The molecule has 3 rings (SSSR count). The molecule has 1 heterocycles. The number of piperazine rings is 1. The first kappa shape index (κ1) is 21.2. The van der Waals surface area contributed by atoms with Crippen LogP contribution in [0.25, 0.3) is 0 Å². The summed E-state index contributed by atoms with van der Waals surface area (Å²) in [5.74, 6) is -0.916. The number of carbonyl (C=O) groups excluding carboxylic acids is 1. The molecule has 1 saturated heterocycles. The van der Waals surface area contributed by atoms with Crippen molar-refractivity contribution >= 4 is 33.4 Å². The number of thioether (sulfide) groups is 1. The Hall–Kier alpha value is -2.50. The topological polar surface area (TPSA) is 101 Å². The van der Waals surface area contributed by atoms with Crippen molar-refractivity contribution in [1.82, 2.24) is 9.21 Å². The zero-order chi connectivity index (χ0) is 21.2. The average Bonchev–Trinajstić information content (AvgIpc) is 2.73. The number of nitro groups is 1. The number of nitro benzene ring substituents is 1. The van der Waals surface area contributed by atoms with Gasteiger partial charge >= 0.3 is 0 Å². The number of amides is 1. The fourth-order valence-corrected chi connectivity index (χ4v) is 5.00. The Labute approximate surface area is 171 Å². The molecule has 0 spiro atoms. The van der Waals surface area contributed by atoms with Gasteiger partial charge in [0, 0.05) is 37.8 Å². The molecule has 11 heteroatoms. The van der Waals surface area contributed by atoms with E-state index in [0.717, 1.165) is 12.1 Å². The quantitative estimate of drug-likeness (QED) is 0.403. The fourth-order valence-electron chi connectivity index (χ4n) is 3.04. The van der Waals surface area contributed by atoms with Crippen LogP contribution in [0.1, 0.15) is 10.4 Å². The molecule has 8 nitrogen and oxygen atoms in total. The van der Waals surface area contributed by atoms with Crippen molar-refractivity contribution in [3.8, 4) is 0 Å². The van der Waals surface area contributed by atoms with Crippen LogP contribution < -0.4 is 0 Å². The second kappa shape index (κ2) is 8.47. The van der Waals surface area contributed by atoms with E-state index >= 15 is 0 Å². The van der Waals surface area contributed by atoms with Crippen molar-refractivity contribution in [2.75, 3.05) is 32.4 Å². The van der Waals surface area contributed by atoms with E-state index in [4.69, 9.17) is 0 Å². The molecule has 154 valence electrons. The molecule has 0 aromatic heterocycles. The summed E-state index contributed by atoms with van der Waals surface area (Å²) in [6, 6.07) is 8.88. The minimum Gasteiger partial charge on any atom is -0.336 e. The van der Waals surface area contributed by atoms with Crippen LogP contribution in [0.3, 0.4) is 0 Å². The highest BCUT2D eigenvalue weighted by molar-refractivity contribution is 7.98. The Morgan fingerprint density at radius 3 is 2.28 bits per heavy atom. The van der Waals surface area contributed by atoms with Gasteiger partial charge in [-0.2, -0.15) is 4.31 Å². The number of hydrogen-bond donors (Lipinski definition) is 0. The van der Waals surface area contributed by atoms with E-state index in [0.29, 0.717) is 4.90 Å². The molecular weight excluding hydrogens is 421 g/mol. The second-order valence-corrected chi connectivity index (χ2v) is 9.08. The van der Waals surface area contributed by atoms with Crippen LogP contribution >= 0.6 is 11.8 Å². The lowest BCUT2D eigenvalue weighted by molar-refractivity contribution is -0.387. The minimum atomic E-state index is -3.78. The molecular formula is C18H18FN3O5S2. The molecule has 2 aromatic carbocycles. The van der Waals surface area contributed by atoms with Gasteiger partial charge in [0.2, 0.25) is 10.0 Å². The standard InChI is InChI=1S/C18H18FN3O5S2/c1-28-17-7-2-13(12-16(17)22(24)25)18(23)20-8-10-21(11-9-20)29(26,27)15-5-3-14(19)4-6-15/h2-7,12H,8-11H2,1H3. The maximum Gasteiger partial charge on any atom is 0.283 e. The second-order valence-electron chi connectivity index (χ2n) is 6.29. The highest BCUT2D eigenvalue weighted by Crippen LogP contribution is 2.29. The molecule has 1 amide bonds. The SMILES string of the molecule is CSc1ccc(C(=O)N2CCN(S(=O)(=O)c3ccc(F)cc3)CC2)cc1[N+](=O)[O-]. The molecule has 1 aliphatic heterocycles. The summed E-state index contributed by atoms with van der Waals surface area (Å²) in [7, 11) is -3.78. The molecule has 0 aliphatic carbocycles. The van der Waals surface area contributed by atoms with Gasteiger partial charge in [0.1, 0.15) is 5.82 Å². The zero-order valence-corrected chi connectivity index (χ0v) is 17.1. The van der Waals surface area contributed by atoms with Crippen LogP contribution in [0, 0.1) is 15.9 Å². The van der Waals surface area contributed by atoms with Crippen LogP contribution in [-0.2, 0) is 10.0 Å². The monoisotopic (exact) mass is 439 g/mol. The molecule has 0 unspecified atom stereocenters. The molecule has 0 atom stereocenters. The predicted molar refractivity (Wildman–Crippen MR) is 106 cm³/mol. The number of benzene rings is 2. The summed E-state index contributed by atoms with van der Waals surface area (Å²) in [5, 5.41) is 11.2. The summed E-state index contributed by atoms with van der Waals surface area (Å²) in [4.78, 5) is 25.3. The predicted octanol–water partition coefficient (Wildman–Crippen LogP) is 2.60. The number of halogens is 1. The highest BCUT2D eigenvalue weighted by Gasteiger charge is 2.31. The third-order valence-electron chi connectivity index (χ3n) is 4.60. The normalized spacial score (nSPS) is 15.3. The molecule has 0 saturated carbocycles. The van der Waals surface area contributed by atoms with Crippen molar-refractivity contribution in [1.29, 1.82) is 0 Å². The molecule has 29 heavy (non-hydrogen) atoms. The van der Waals surface area contributed by atoms with Gasteiger partial charge < -0.3 is 4.90 Å². The first-order valence-electron chi connectivity index (χ1n) is 8.61. The lowest BCUT2D eigenvalue weighted by Crippen LogP contribution is -2.50. The number of rotatable bonds is 5. The third kappa shape index (κ3) is 4.41. The maximum absolute atomic E-state index is 13.0. The summed E-state index contributed by atoms with van der Waals surface area (Å²) >= 11 is 1.22. The van der Waals surface area contributed by atoms with E-state index < -0.39 is 20.8 Å². The summed E-state index contributed by atoms with van der Waals surface area (Å²) in [5.41, 5.74) is 0.0465. The molecule has 1 fully saturated rings. The lowest BCUT2D eigenvalue weighted by Gasteiger charge is -2.34. The Kier molecular flexibility index (Phi) is 6.20. The van der Waals surface area contributed by atoms with E-state index in [9.17, 15) is 27.7 Å². The number of carbonyl (C=O) groups is 1. The van der Waals surface area contributed by atoms with Crippen molar-refractivity contribution < 1.29 is 22.5 Å². The van der Waals surface area contributed by atoms with Crippen molar-refractivity contribution in [2.45, 2.75) is 9.79 Å². The van der Waals surface area contributed by atoms with E-state index in [2.05, 4.69) is 0 Å². The summed E-state index contributed by atoms with van der Waals surface area (Å²) in [6.45, 7) is 0.460. The minimum absolute atomic E-state index is 0.0121. The van der Waals surface area contributed by atoms with Crippen LogP contribution in [0.4, 0.5) is 10.1 Å². The Morgan fingerprint density at radius 2 is 1.72 bits per heavy atom. The van der Waals surface area contributed by atoms with Gasteiger partial charge in [0.25, 0.3) is 11.6 Å². The Morgan fingerprint density at radius 1 is 1.10 bits per heavy atom. The van der Waals surface area contributed by atoms with E-state index in [1.807, 2.05) is 0 Å². The maximum atomic E-state index is 13.0. The third-order valence-corrected chi connectivity index (χ3v) is 7.30. The van der Waals surface area contributed by atoms with E-state index in [1.165, 1.54) is 51.3 Å². The van der Waals surface area contributed by atoms with Crippen LogP contribution in [0.15, 0.2) is 52.3 Å². The van der Waals surface area contributed by atoms with Crippen LogP contribution in [0.5, 0.6) is 0 Å². The van der Waals surface area contributed by atoms with Gasteiger partial charge in [-0.1, -0.05) is 0 Å². The zero-order valence-electron chi connectivity index (χ0n) is 15.4. The van der Waals surface area contributed by atoms with Crippen molar-refractivity contribution in [3.05, 3.63) is 64.0 Å².